The molecule has 3 N–H and O–H groups in total. The molecule has 0 radical (unpaired) electrons. The fourth-order valence-corrected chi connectivity index (χ4v) is 4.62. The highest BCUT2D eigenvalue weighted by Gasteiger charge is 2.36. The van der Waals surface area contributed by atoms with Crippen LogP contribution in [0.25, 0.3) is 11.5 Å². The molecule has 3 aromatic rings. The third-order valence-corrected chi connectivity index (χ3v) is 7.81. The standard InChI is InChI=1S/C25H29N7O5S/c1-15-10-17(15)14-27-20-11-18(19(13-26)21(28-20)32(3)38(4,35)36)22-30-31-23(37-22)25(2,29-24(33)34)12-16-8-6-5-7-9-16/h5-9,11,15,17,29H,10,12,14H2,1-4H3,(H,27,28)(H,33,34)/t15?,17?,25-/m1/s1. The normalized spacial score (nSPS) is 18.2. The van der Waals surface area contributed by atoms with E-state index in [1.165, 1.54) is 7.05 Å². The number of nitrogens with zero attached hydrogens (tertiary/aromatic N) is 5. The predicted octanol–water partition coefficient (Wildman–Crippen LogP) is 3.19. The summed E-state index contributed by atoms with van der Waals surface area (Å²) in [7, 11) is -2.44. The van der Waals surface area contributed by atoms with E-state index in [-0.39, 0.29) is 35.1 Å². The Hall–Kier alpha value is -4.18. The zero-order valence-corrected chi connectivity index (χ0v) is 22.3. The number of aromatic nitrogens is 3. The molecule has 13 heteroatoms. The third kappa shape index (κ3) is 5.86. The molecule has 3 atom stereocenters. The first-order valence-corrected chi connectivity index (χ1v) is 13.8. The average molecular weight is 540 g/mol. The first-order valence-electron chi connectivity index (χ1n) is 11.9. The van der Waals surface area contributed by atoms with Gasteiger partial charge in [0.25, 0.3) is 0 Å². The topological polar surface area (TPSA) is 174 Å². The minimum atomic E-state index is -3.75. The first kappa shape index (κ1) is 26.9. The van der Waals surface area contributed by atoms with Crippen LogP contribution in [0.3, 0.4) is 0 Å². The van der Waals surface area contributed by atoms with E-state index in [1.54, 1.807) is 13.0 Å². The maximum Gasteiger partial charge on any atom is 0.405 e. The lowest BCUT2D eigenvalue weighted by Crippen LogP contribution is -2.44. The van der Waals surface area contributed by atoms with Crippen LogP contribution in [-0.4, -0.2) is 54.6 Å². The summed E-state index contributed by atoms with van der Waals surface area (Å²) >= 11 is 0. The molecule has 1 saturated carbocycles. The molecule has 1 aliphatic rings. The van der Waals surface area contributed by atoms with Crippen LogP contribution in [0.5, 0.6) is 0 Å². The van der Waals surface area contributed by atoms with Gasteiger partial charge in [0.05, 0.1) is 11.8 Å². The number of pyridine rings is 1. The number of carboxylic acid groups (broad SMARTS) is 1. The molecule has 200 valence electrons. The van der Waals surface area contributed by atoms with Crippen LogP contribution >= 0.6 is 0 Å². The van der Waals surface area contributed by atoms with Crippen LogP contribution in [0, 0.1) is 23.2 Å². The molecule has 1 aromatic carbocycles. The summed E-state index contributed by atoms with van der Waals surface area (Å²) in [5, 5.41) is 33.4. The Morgan fingerprint density at radius 2 is 2.00 bits per heavy atom. The zero-order chi connectivity index (χ0) is 27.7. The van der Waals surface area contributed by atoms with Crippen molar-refractivity contribution in [2.45, 2.75) is 32.2 Å². The van der Waals surface area contributed by atoms with Gasteiger partial charge in [-0.05, 0) is 36.8 Å². The molecule has 4 rings (SSSR count). The van der Waals surface area contributed by atoms with Gasteiger partial charge in [0, 0.05) is 20.0 Å². The van der Waals surface area contributed by atoms with Gasteiger partial charge in [0.1, 0.15) is 23.0 Å². The van der Waals surface area contributed by atoms with Crippen molar-refractivity contribution >= 4 is 27.8 Å². The van der Waals surface area contributed by atoms with E-state index in [0.717, 1.165) is 22.5 Å². The molecule has 1 aliphatic carbocycles. The van der Waals surface area contributed by atoms with E-state index < -0.39 is 21.7 Å². The van der Waals surface area contributed by atoms with Gasteiger partial charge in [0.2, 0.25) is 21.8 Å². The van der Waals surface area contributed by atoms with Crippen molar-refractivity contribution in [2.75, 3.05) is 29.5 Å². The van der Waals surface area contributed by atoms with Gasteiger partial charge < -0.3 is 20.2 Å². The number of hydrogen-bond acceptors (Lipinski definition) is 9. The Kier molecular flexibility index (Phi) is 7.28. The number of anilines is 2. The van der Waals surface area contributed by atoms with Crippen LogP contribution in [0.2, 0.25) is 0 Å². The van der Waals surface area contributed by atoms with E-state index in [9.17, 15) is 23.6 Å². The van der Waals surface area contributed by atoms with Gasteiger partial charge in [0.15, 0.2) is 5.82 Å². The fourth-order valence-electron chi connectivity index (χ4n) is 4.17. The number of nitrogens with one attached hydrogen (secondary N) is 2. The first-order chi connectivity index (χ1) is 17.9. The lowest BCUT2D eigenvalue weighted by atomic mass is 9.93. The minimum absolute atomic E-state index is 0.0150. The Morgan fingerprint density at radius 1 is 1.32 bits per heavy atom. The molecule has 0 aliphatic heterocycles. The van der Waals surface area contributed by atoms with Gasteiger partial charge in [-0.2, -0.15) is 5.26 Å². The van der Waals surface area contributed by atoms with E-state index in [4.69, 9.17) is 4.42 Å². The predicted molar refractivity (Wildman–Crippen MR) is 140 cm³/mol. The molecule has 0 saturated heterocycles. The lowest BCUT2D eigenvalue weighted by Gasteiger charge is -2.25. The van der Waals surface area contributed by atoms with Crippen LogP contribution in [0.15, 0.2) is 40.8 Å². The molecular formula is C25H29N7O5S. The number of amides is 1. The molecule has 2 unspecified atom stereocenters. The molecule has 1 amide bonds. The molecule has 0 spiro atoms. The summed E-state index contributed by atoms with van der Waals surface area (Å²) in [6.45, 7) is 4.40. The second kappa shape index (κ2) is 10.3. The SMILES string of the molecule is CC1CC1CNc1cc(-c2nnc([C@@](C)(Cc3ccccc3)NC(=O)O)o2)c(C#N)c(N(C)S(C)(=O)=O)n1. The summed E-state index contributed by atoms with van der Waals surface area (Å²) in [4.78, 5) is 16.1. The van der Waals surface area contributed by atoms with Crippen LogP contribution < -0.4 is 14.9 Å². The summed E-state index contributed by atoms with van der Waals surface area (Å²) in [6.07, 6.45) is 1.04. The van der Waals surface area contributed by atoms with Crippen molar-refractivity contribution in [1.29, 1.82) is 5.26 Å². The summed E-state index contributed by atoms with van der Waals surface area (Å²) < 4.78 is 31.5. The second-order valence-electron chi connectivity index (χ2n) is 9.79. The molecular weight excluding hydrogens is 510 g/mol. The number of carbonyl (C=O) groups is 1. The van der Waals surface area contributed by atoms with Crippen molar-refractivity contribution in [3.8, 4) is 17.5 Å². The van der Waals surface area contributed by atoms with Crippen LogP contribution in [0.4, 0.5) is 16.4 Å². The van der Waals surface area contributed by atoms with Crippen molar-refractivity contribution in [3.05, 3.63) is 53.4 Å². The summed E-state index contributed by atoms with van der Waals surface area (Å²) in [5.41, 5.74) is -0.346. The van der Waals surface area contributed by atoms with Gasteiger partial charge in [-0.15, -0.1) is 10.2 Å². The summed E-state index contributed by atoms with van der Waals surface area (Å²) in [5.74, 6) is 1.23. The van der Waals surface area contributed by atoms with E-state index >= 15 is 0 Å². The maximum absolute atomic E-state index is 12.3. The van der Waals surface area contributed by atoms with Gasteiger partial charge in [-0.3, -0.25) is 4.31 Å². The van der Waals surface area contributed by atoms with Gasteiger partial charge >= 0.3 is 6.09 Å². The van der Waals surface area contributed by atoms with Crippen molar-refractivity contribution in [2.24, 2.45) is 11.8 Å². The molecule has 12 nitrogen and oxygen atoms in total. The zero-order valence-electron chi connectivity index (χ0n) is 21.5. The van der Waals surface area contributed by atoms with Crippen LogP contribution in [-0.2, 0) is 22.0 Å². The number of hydrogen-bond donors (Lipinski definition) is 3. The molecule has 1 fully saturated rings. The largest absolute Gasteiger partial charge is 0.465 e. The Balaban J connectivity index is 1.79. The van der Waals surface area contributed by atoms with Crippen molar-refractivity contribution < 1.29 is 22.7 Å². The van der Waals surface area contributed by atoms with E-state index in [2.05, 4.69) is 32.7 Å². The second-order valence-corrected chi connectivity index (χ2v) is 11.8. The van der Waals surface area contributed by atoms with Gasteiger partial charge in [-0.1, -0.05) is 37.3 Å². The van der Waals surface area contributed by atoms with E-state index in [0.29, 0.717) is 24.2 Å². The Bertz CT molecular complexity index is 1490. The minimum Gasteiger partial charge on any atom is -0.465 e. The highest BCUT2D eigenvalue weighted by Crippen LogP contribution is 2.38. The molecule has 0 bridgehead atoms. The Labute approximate surface area is 220 Å². The van der Waals surface area contributed by atoms with Crippen LogP contribution in [0.1, 0.15) is 37.3 Å². The maximum atomic E-state index is 12.3. The summed E-state index contributed by atoms with van der Waals surface area (Å²) in [6, 6.07) is 12.8. The number of sulfonamides is 1. The average Bonchev–Trinajstić information content (AvgIpc) is 3.33. The molecule has 2 aromatic heterocycles. The molecule has 2 heterocycles. The highest BCUT2D eigenvalue weighted by molar-refractivity contribution is 7.92. The number of benzene rings is 1. The molecule has 38 heavy (non-hydrogen) atoms. The third-order valence-electron chi connectivity index (χ3n) is 6.64. The smallest absolute Gasteiger partial charge is 0.405 e. The van der Waals surface area contributed by atoms with Crippen molar-refractivity contribution in [1.82, 2.24) is 20.5 Å². The van der Waals surface area contributed by atoms with Gasteiger partial charge in [-0.25, -0.2) is 18.2 Å². The number of rotatable bonds is 10. The lowest BCUT2D eigenvalue weighted by molar-refractivity contribution is 0.172. The van der Waals surface area contributed by atoms with Crippen molar-refractivity contribution in [3.63, 3.8) is 0 Å². The number of nitriles is 1. The quantitative estimate of drug-likeness (QED) is 0.347. The monoisotopic (exact) mass is 539 g/mol. The highest BCUT2D eigenvalue weighted by atomic mass is 32.2. The fraction of sp³-hybridized carbons (Fsp3) is 0.400. The Morgan fingerprint density at radius 3 is 2.58 bits per heavy atom. The van der Waals surface area contributed by atoms with E-state index in [1.807, 2.05) is 36.4 Å².